The maximum absolute atomic E-state index is 5.94. The van der Waals surface area contributed by atoms with Gasteiger partial charge < -0.3 is 4.90 Å². The van der Waals surface area contributed by atoms with E-state index in [0.717, 1.165) is 15.9 Å². The van der Waals surface area contributed by atoms with Crippen LogP contribution in [0.1, 0.15) is 26.3 Å². The van der Waals surface area contributed by atoms with Crippen LogP contribution in [0.5, 0.6) is 0 Å². The summed E-state index contributed by atoms with van der Waals surface area (Å²) in [6, 6.07) is 2.47. The van der Waals surface area contributed by atoms with Crippen LogP contribution in [0.25, 0.3) is 0 Å². The Bertz CT molecular complexity index is 355. The molecule has 1 atom stereocenters. The Morgan fingerprint density at radius 1 is 1.44 bits per heavy atom. The lowest BCUT2D eigenvalue weighted by Crippen LogP contribution is -2.34. The van der Waals surface area contributed by atoms with Gasteiger partial charge >= 0.3 is 0 Å². The van der Waals surface area contributed by atoms with Gasteiger partial charge in [0.2, 0.25) is 0 Å². The van der Waals surface area contributed by atoms with E-state index in [1.165, 1.54) is 0 Å². The molecule has 0 aliphatic rings. The van der Waals surface area contributed by atoms with Crippen molar-refractivity contribution >= 4 is 33.3 Å². The van der Waals surface area contributed by atoms with Crippen LogP contribution < -0.4 is 4.90 Å². The molecular weight excluding hydrogens is 288 g/mol. The molecule has 0 bridgehead atoms. The van der Waals surface area contributed by atoms with Crippen LogP contribution in [-0.4, -0.2) is 18.1 Å². The average molecular weight is 306 g/mol. The van der Waals surface area contributed by atoms with Gasteiger partial charge in [-0.25, -0.2) is 4.98 Å². The van der Waals surface area contributed by atoms with Gasteiger partial charge in [0, 0.05) is 29.3 Å². The van der Waals surface area contributed by atoms with E-state index in [1.807, 2.05) is 12.3 Å². The Hall–Kier alpha value is -0.280. The van der Waals surface area contributed by atoms with Crippen LogP contribution in [0.15, 0.2) is 16.7 Å². The summed E-state index contributed by atoms with van der Waals surface area (Å²) in [6.45, 7) is 6.62. The molecule has 2 nitrogen and oxygen atoms in total. The van der Waals surface area contributed by atoms with Crippen molar-refractivity contribution in [2.24, 2.45) is 5.92 Å². The summed E-state index contributed by atoms with van der Waals surface area (Å²) in [4.78, 5) is 6.64. The van der Waals surface area contributed by atoms with Gasteiger partial charge in [0.1, 0.15) is 5.82 Å². The average Bonchev–Trinajstić information content (AvgIpc) is 2.26. The molecule has 1 rings (SSSR count). The van der Waals surface area contributed by atoms with Crippen molar-refractivity contribution < 1.29 is 0 Å². The summed E-state index contributed by atoms with van der Waals surface area (Å²) in [7, 11) is 2.07. The molecule has 0 radical (unpaired) electrons. The molecule has 0 saturated carbocycles. The highest BCUT2D eigenvalue weighted by atomic mass is 79.9. The highest BCUT2D eigenvalue weighted by Crippen LogP contribution is 2.25. The topological polar surface area (TPSA) is 16.1 Å². The Morgan fingerprint density at radius 3 is 2.56 bits per heavy atom. The van der Waals surface area contributed by atoms with Gasteiger partial charge in [-0.3, -0.25) is 0 Å². The Labute approximate surface area is 111 Å². The zero-order chi connectivity index (χ0) is 12.3. The minimum atomic E-state index is 0.440. The number of rotatable bonds is 4. The summed E-state index contributed by atoms with van der Waals surface area (Å²) in [5, 5.41) is 0. The zero-order valence-electron chi connectivity index (χ0n) is 10.2. The van der Waals surface area contributed by atoms with Crippen LogP contribution in [0, 0.1) is 5.92 Å². The van der Waals surface area contributed by atoms with Gasteiger partial charge in [-0.1, -0.05) is 13.8 Å². The number of pyridine rings is 1. The lowest BCUT2D eigenvalue weighted by Gasteiger charge is -2.30. The molecular formula is C12H18BrClN2. The zero-order valence-corrected chi connectivity index (χ0v) is 12.5. The Kier molecular flexibility index (Phi) is 5.06. The minimum absolute atomic E-state index is 0.440. The molecule has 90 valence electrons. The van der Waals surface area contributed by atoms with E-state index in [9.17, 15) is 0 Å². The standard InChI is InChI=1S/C12H18BrClN2/c1-8(2)9(3)16(4)12-10(6-14)5-11(13)7-15-12/h5,7-9H,6H2,1-4H3. The third-order valence-corrected chi connectivity index (χ3v) is 3.68. The number of nitrogens with zero attached hydrogens (tertiary/aromatic N) is 2. The van der Waals surface area contributed by atoms with E-state index < -0.39 is 0 Å². The number of anilines is 1. The van der Waals surface area contributed by atoms with Crippen molar-refractivity contribution in [1.82, 2.24) is 4.98 Å². The fraction of sp³-hybridized carbons (Fsp3) is 0.583. The minimum Gasteiger partial charge on any atom is -0.356 e. The smallest absolute Gasteiger partial charge is 0.133 e. The van der Waals surface area contributed by atoms with Crippen molar-refractivity contribution in [2.45, 2.75) is 32.7 Å². The number of hydrogen-bond donors (Lipinski definition) is 0. The number of alkyl halides is 1. The lowest BCUT2D eigenvalue weighted by atomic mass is 10.0. The molecule has 16 heavy (non-hydrogen) atoms. The van der Waals surface area contributed by atoms with Crippen LogP contribution in [0.2, 0.25) is 0 Å². The third kappa shape index (κ3) is 3.11. The molecule has 0 aromatic carbocycles. The van der Waals surface area contributed by atoms with E-state index in [-0.39, 0.29) is 0 Å². The predicted octanol–water partition coefficient (Wildman–Crippen LogP) is 4.06. The fourth-order valence-electron chi connectivity index (χ4n) is 1.53. The third-order valence-electron chi connectivity index (χ3n) is 2.96. The van der Waals surface area contributed by atoms with Gasteiger partial charge in [-0.05, 0) is 34.8 Å². The first-order valence-electron chi connectivity index (χ1n) is 5.40. The predicted molar refractivity (Wildman–Crippen MR) is 74.2 cm³/mol. The molecule has 0 aliphatic heterocycles. The summed E-state index contributed by atoms with van der Waals surface area (Å²) in [5.41, 5.74) is 1.06. The SMILES string of the molecule is CC(C)C(C)N(C)c1ncc(Br)cc1CCl. The van der Waals surface area contributed by atoms with Crippen molar-refractivity contribution in [3.05, 3.63) is 22.3 Å². The first-order valence-corrected chi connectivity index (χ1v) is 6.73. The van der Waals surface area contributed by atoms with E-state index >= 15 is 0 Å². The van der Waals surface area contributed by atoms with Gasteiger partial charge in [0.25, 0.3) is 0 Å². The second kappa shape index (κ2) is 5.87. The molecule has 0 amide bonds. The van der Waals surface area contributed by atoms with Crippen LogP contribution in [0.3, 0.4) is 0 Å². The molecule has 0 saturated heterocycles. The fourth-order valence-corrected chi connectivity index (χ4v) is 2.11. The van der Waals surface area contributed by atoms with E-state index in [4.69, 9.17) is 11.6 Å². The normalized spacial score (nSPS) is 12.9. The van der Waals surface area contributed by atoms with Crippen molar-refractivity contribution in [3.8, 4) is 0 Å². The Morgan fingerprint density at radius 2 is 2.06 bits per heavy atom. The van der Waals surface area contributed by atoms with Gasteiger partial charge in [-0.15, -0.1) is 11.6 Å². The molecule has 0 aliphatic carbocycles. The number of halogens is 2. The largest absolute Gasteiger partial charge is 0.356 e. The molecule has 0 N–H and O–H groups in total. The molecule has 1 unspecified atom stereocenters. The van der Waals surface area contributed by atoms with Crippen molar-refractivity contribution in [1.29, 1.82) is 0 Å². The Balaban J connectivity index is 3.03. The van der Waals surface area contributed by atoms with Crippen molar-refractivity contribution in [2.75, 3.05) is 11.9 Å². The summed E-state index contributed by atoms with van der Waals surface area (Å²) in [6.07, 6.45) is 1.81. The van der Waals surface area contributed by atoms with Crippen molar-refractivity contribution in [3.63, 3.8) is 0 Å². The van der Waals surface area contributed by atoms with Crippen LogP contribution >= 0.6 is 27.5 Å². The molecule has 1 aromatic rings. The second-order valence-electron chi connectivity index (χ2n) is 4.37. The maximum atomic E-state index is 5.94. The quantitative estimate of drug-likeness (QED) is 0.780. The molecule has 0 spiro atoms. The summed E-state index contributed by atoms with van der Waals surface area (Å²) in [5.74, 6) is 2.04. The number of hydrogen-bond acceptors (Lipinski definition) is 2. The van der Waals surface area contributed by atoms with E-state index in [0.29, 0.717) is 17.8 Å². The van der Waals surface area contributed by atoms with Gasteiger partial charge in [0.15, 0.2) is 0 Å². The highest BCUT2D eigenvalue weighted by Gasteiger charge is 2.17. The molecule has 1 heterocycles. The van der Waals surface area contributed by atoms with E-state index in [1.54, 1.807) is 0 Å². The first-order chi connectivity index (χ1) is 7.47. The van der Waals surface area contributed by atoms with Gasteiger partial charge in [0.05, 0.1) is 5.88 Å². The first kappa shape index (κ1) is 13.8. The van der Waals surface area contributed by atoms with Crippen LogP contribution in [-0.2, 0) is 5.88 Å². The highest BCUT2D eigenvalue weighted by molar-refractivity contribution is 9.10. The van der Waals surface area contributed by atoms with Crippen LogP contribution in [0.4, 0.5) is 5.82 Å². The maximum Gasteiger partial charge on any atom is 0.133 e. The monoisotopic (exact) mass is 304 g/mol. The molecule has 4 heteroatoms. The number of aromatic nitrogens is 1. The summed E-state index contributed by atoms with van der Waals surface area (Å²) < 4.78 is 0.970. The lowest BCUT2D eigenvalue weighted by molar-refractivity contribution is 0.502. The van der Waals surface area contributed by atoms with Gasteiger partial charge in [-0.2, -0.15) is 0 Å². The molecule has 0 fully saturated rings. The van der Waals surface area contributed by atoms with E-state index in [2.05, 4.69) is 53.6 Å². The second-order valence-corrected chi connectivity index (χ2v) is 5.55. The molecule has 1 aromatic heterocycles. The summed E-state index contributed by atoms with van der Waals surface area (Å²) >= 11 is 9.36.